The Morgan fingerprint density at radius 1 is 1.17 bits per heavy atom. The number of hydrogen-bond acceptors (Lipinski definition) is 3. The number of halogens is 1. The van der Waals surface area contributed by atoms with Gasteiger partial charge in [0, 0.05) is 10.9 Å². The maximum Gasteiger partial charge on any atom is 0.247 e. The normalized spacial score (nSPS) is 20.1. The smallest absolute Gasteiger partial charge is 0.247 e. The molecule has 1 saturated carbocycles. The third-order valence-corrected chi connectivity index (χ3v) is 6.75. The second-order valence-electron chi connectivity index (χ2n) is 8.01. The first kappa shape index (κ1) is 21.8. The number of hydrogen-bond donors (Lipinski definition) is 1. The number of nitrogens with one attached hydrogen (secondary N) is 1. The van der Waals surface area contributed by atoms with Crippen molar-refractivity contribution >= 4 is 34.8 Å². The summed E-state index contributed by atoms with van der Waals surface area (Å²) in [5.41, 5.74) is 1.93. The summed E-state index contributed by atoms with van der Waals surface area (Å²) in [7, 11) is 0. The molecule has 2 aromatic rings. The van der Waals surface area contributed by atoms with E-state index in [9.17, 15) is 9.59 Å². The maximum absolute atomic E-state index is 13.4. The second-order valence-corrected chi connectivity index (χ2v) is 9.31. The summed E-state index contributed by atoms with van der Waals surface area (Å²) in [6, 6.07) is 11.2. The topological polar surface area (TPSA) is 49.4 Å². The monoisotopic (exact) mass is 432 g/mol. The van der Waals surface area contributed by atoms with E-state index in [0.717, 1.165) is 41.7 Å². The van der Waals surface area contributed by atoms with E-state index < -0.39 is 6.04 Å². The van der Waals surface area contributed by atoms with Crippen molar-refractivity contribution in [2.24, 2.45) is 5.92 Å². The van der Waals surface area contributed by atoms with Crippen LogP contribution in [0.4, 0.5) is 0 Å². The summed E-state index contributed by atoms with van der Waals surface area (Å²) < 4.78 is 0. The first-order valence-corrected chi connectivity index (χ1v) is 11.6. The zero-order chi connectivity index (χ0) is 20.8. The summed E-state index contributed by atoms with van der Waals surface area (Å²) in [5, 5.41) is 5.19. The van der Waals surface area contributed by atoms with Crippen LogP contribution >= 0.6 is 22.9 Å². The standard InChI is InChI=1S/C23H29ClN2O2S/c1-16-5-9-18(10-6-16)22(23(28)25-19-11-7-17(2)8-12-19)26(21(27)14-24)15-20-4-3-13-29-20/h3-6,9-10,13,17,19,22H,7-8,11-12,14-15H2,1-2H3,(H,25,28)/t17?,19?,22-/m0/s1. The molecule has 29 heavy (non-hydrogen) atoms. The van der Waals surface area contributed by atoms with E-state index in [0.29, 0.717) is 12.5 Å². The van der Waals surface area contributed by atoms with Crippen LogP contribution in [0.1, 0.15) is 54.7 Å². The van der Waals surface area contributed by atoms with Crippen molar-refractivity contribution in [2.75, 3.05) is 5.88 Å². The van der Waals surface area contributed by atoms with Gasteiger partial charge in [0.25, 0.3) is 0 Å². The lowest BCUT2D eigenvalue weighted by molar-refractivity contribution is -0.140. The van der Waals surface area contributed by atoms with Crippen molar-refractivity contribution in [3.8, 4) is 0 Å². The summed E-state index contributed by atoms with van der Waals surface area (Å²) in [5.74, 6) is 0.202. The Bertz CT molecular complexity index is 799. The number of alkyl halides is 1. The molecule has 1 aromatic heterocycles. The molecule has 1 fully saturated rings. The lowest BCUT2D eigenvalue weighted by Gasteiger charge is -2.33. The van der Waals surface area contributed by atoms with Gasteiger partial charge in [0.15, 0.2) is 0 Å². The van der Waals surface area contributed by atoms with Crippen molar-refractivity contribution in [1.29, 1.82) is 0 Å². The third-order valence-electron chi connectivity index (χ3n) is 5.66. The largest absolute Gasteiger partial charge is 0.351 e. The SMILES string of the molecule is Cc1ccc([C@@H](C(=O)NC2CCC(C)CC2)N(Cc2cccs2)C(=O)CCl)cc1. The highest BCUT2D eigenvalue weighted by Crippen LogP contribution is 2.28. The van der Waals surface area contributed by atoms with Gasteiger partial charge in [0.05, 0.1) is 6.54 Å². The molecule has 4 nitrogen and oxygen atoms in total. The van der Waals surface area contributed by atoms with Crippen LogP contribution in [0.3, 0.4) is 0 Å². The molecule has 6 heteroatoms. The van der Waals surface area contributed by atoms with Crippen molar-refractivity contribution in [3.05, 3.63) is 57.8 Å². The van der Waals surface area contributed by atoms with Crippen LogP contribution in [0.25, 0.3) is 0 Å². The van der Waals surface area contributed by atoms with Crippen LogP contribution in [-0.2, 0) is 16.1 Å². The Balaban J connectivity index is 1.88. The molecular formula is C23H29ClN2O2S. The van der Waals surface area contributed by atoms with Gasteiger partial charge in [-0.3, -0.25) is 9.59 Å². The molecule has 1 aliphatic carbocycles. The van der Waals surface area contributed by atoms with Crippen LogP contribution in [0.15, 0.2) is 41.8 Å². The molecule has 1 aromatic carbocycles. The molecule has 0 bridgehead atoms. The van der Waals surface area contributed by atoms with Gasteiger partial charge in [-0.25, -0.2) is 0 Å². The van der Waals surface area contributed by atoms with Crippen LogP contribution in [0.5, 0.6) is 0 Å². The second kappa shape index (κ2) is 10.3. The number of nitrogens with zero attached hydrogens (tertiary/aromatic N) is 1. The predicted molar refractivity (Wildman–Crippen MR) is 119 cm³/mol. The number of amides is 2. The van der Waals surface area contributed by atoms with Gasteiger partial charge in [-0.2, -0.15) is 0 Å². The van der Waals surface area contributed by atoms with Gasteiger partial charge >= 0.3 is 0 Å². The fourth-order valence-electron chi connectivity index (χ4n) is 3.88. The van der Waals surface area contributed by atoms with Crippen molar-refractivity contribution < 1.29 is 9.59 Å². The van der Waals surface area contributed by atoms with E-state index in [-0.39, 0.29) is 23.7 Å². The molecule has 0 unspecified atom stereocenters. The Morgan fingerprint density at radius 3 is 2.45 bits per heavy atom. The summed E-state index contributed by atoms with van der Waals surface area (Å²) in [6.45, 7) is 4.64. The zero-order valence-corrected chi connectivity index (χ0v) is 18.6. The molecule has 0 spiro atoms. The molecule has 1 N–H and O–H groups in total. The lowest BCUT2D eigenvalue weighted by Crippen LogP contribution is -2.47. The van der Waals surface area contributed by atoms with Gasteiger partial charge in [-0.1, -0.05) is 42.8 Å². The summed E-state index contributed by atoms with van der Waals surface area (Å²) in [4.78, 5) is 28.8. The Kier molecular flexibility index (Phi) is 7.73. The number of carbonyl (C=O) groups excluding carboxylic acids is 2. The van der Waals surface area contributed by atoms with Crippen LogP contribution in [0.2, 0.25) is 0 Å². The van der Waals surface area contributed by atoms with Gasteiger partial charge in [-0.15, -0.1) is 22.9 Å². The van der Waals surface area contributed by atoms with E-state index in [1.54, 1.807) is 16.2 Å². The molecule has 3 rings (SSSR count). The van der Waals surface area contributed by atoms with E-state index in [2.05, 4.69) is 12.2 Å². The Hall–Kier alpha value is -1.85. The fraction of sp³-hybridized carbons (Fsp3) is 0.478. The highest BCUT2D eigenvalue weighted by Gasteiger charge is 2.33. The van der Waals surface area contributed by atoms with Gasteiger partial charge in [0.1, 0.15) is 11.9 Å². The number of aryl methyl sites for hydroxylation is 1. The van der Waals surface area contributed by atoms with Gasteiger partial charge in [0.2, 0.25) is 11.8 Å². The molecule has 1 aliphatic rings. The van der Waals surface area contributed by atoms with E-state index >= 15 is 0 Å². The van der Waals surface area contributed by atoms with Crippen LogP contribution < -0.4 is 5.32 Å². The van der Waals surface area contributed by atoms with Crippen molar-refractivity contribution in [3.63, 3.8) is 0 Å². The average Bonchev–Trinajstić information content (AvgIpc) is 3.23. The third kappa shape index (κ3) is 5.83. The molecule has 1 heterocycles. The summed E-state index contributed by atoms with van der Waals surface area (Å²) >= 11 is 7.51. The van der Waals surface area contributed by atoms with Crippen molar-refractivity contribution in [1.82, 2.24) is 10.2 Å². The molecule has 0 radical (unpaired) electrons. The molecule has 1 atom stereocenters. The minimum atomic E-state index is -0.691. The van der Waals surface area contributed by atoms with E-state index in [1.807, 2.05) is 48.7 Å². The number of carbonyl (C=O) groups is 2. The van der Waals surface area contributed by atoms with Gasteiger partial charge in [-0.05, 0) is 55.5 Å². The molecule has 0 saturated heterocycles. The Morgan fingerprint density at radius 2 is 1.86 bits per heavy atom. The number of thiophene rings is 1. The number of benzene rings is 1. The van der Waals surface area contributed by atoms with Gasteiger partial charge < -0.3 is 10.2 Å². The van der Waals surface area contributed by atoms with Crippen LogP contribution in [0, 0.1) is 12.8 Å². The fourth-order valence-corrected chi connectivity index (χ4v) is 4.73. The van der Waals surface area contributed by atoms with Crippen molar-refractivity contribution in [2.45, 2.75) is 58.2 Å². The summed E-state index contributed by atoms with van der Waals surface area (Å²) in [6.07, 6.45) is 4.23. The average molecular weight is 433 g/mol. The molecule has 0 aliphatic heterocycles. The zero-order valence-electron chi connectivity index (χ0n) is 17.1. The number of rotatable bonds is 7. The molecule has 156 valence electrons. The molecule has 2 amide bonds. The van der Waals surface area contributed by atoms with Crippen LogP contribution in [-0.4, -0.2) is 28.6 Å². The quantitative estimate of drug-likeness (QED) is 0.621. The van der Waals surface area contributed by atoms with E-state index in [1.165, 1.54) is 0 Å². The maximum atomic E-state index is 13.4. The minimum absolute atomic E-state index is 0.122. The Labute approximate surface area is 182 Å². The highest BCUT2D eigenvalue weighted by molar-refractivity contribution is 7.09. The highest BCUT2D eigenvalue weighted by atomic mass is 35.5. The van der Waals surface area contributed by atoms with E-state index in [4.69, 9.17) is 11.6 Å². The lowest BCUT2D eigenvalue weighted by atomic mass is 9.87. The minimum Gasteiger partial charge on any atom is -0.351 e. The predicted octanol–water partition coefficient (Wildman–Crippen LogP) is 5.06. The first-order chi connectivity index (χ1) is 14.0. The molecular weight excluding hydrogens is 404 g/mol. The first-order valence-electron chi connectivity index (χ1n) is 10.2.